The van der Waals surface area contributed by atoms with Gasteiger partial charge in [0.2, 0.25) is 11.8 Å². The minimum absolute atomic E-state index is 0.115. The number of rotatable bonds is 2. The van der Waals surface area contributed by atoms with Crippen LogP contribution in [-0.2, 0) is 9.59 Å². The van der Waals surface area contributed by atoms with Gasteiger partial charge < -0.3 is 9.80 Å². The fourth-order valence-corrected chi connectivity index (χ4v) is 4.76. The summed E-state index contributed by atoms with van der Waals surface area (Å²) in [5, 5.41) is 3.04. The second kappa shape index (κ2) is 5.63. The monoisotopic (exact) mass is 371 g/mol. The van der Waals surface area contributed by atoms with Crippen LogP contribution in [0.4, 0.5) is 0 Å². The number of carbonyl (C=O) groups is 4. The molecule has 0 bridgehead atoms. The summed E-state index contributed by atoms with van der Waals surface area (Å²) in [6.07, 6.45) is 0.115. The molecule has 1 aromatic carbocycles. The molecule has 3 heterocycles. The van der Waals surface area contributed by atoms with E-state index in [1.54, 1.807) is 19.0 Å². The van der Waals surface area contributed by atoms with Gasteiger partial charge in [0.25, 0.3) is 11.8 Å². The Balaban J connectivity index is 1.69. The van der Waals surface area contributed by atoms with E-state index in [4.69, 9.17) is 0 Å². The van der Waals surface area contributed by atoms with E-state index in [1.807, 2.05) is 24.3 Å². The Kier molecular flexibility index (Phi) is 3.62. The Labute approximate surface area is 153 Å². The third-order valence-corrected chi connectivity index (χ3v) is 6.08. The molecule has 1 N–H and O–H groups in total. The van der Waals surface area contributed by atoms with Gasteiger partial charge in [0.15, 0.2) is 0 Å². The van der Waals surface area contributed by atoms with Gasteiger partial charge in [-0.05, 0) is 6.07 Å². The smallest absolute Gasteiger partial charge is 0.264 e. The van der Waals surface area contributed by atoms with Crippen LogP contribution in [0.5, 0.6) is 0 Å². The van der Waals surface area contributed by atoms with Gasteiger partial charge in [-0.1, -0.05) is 18.2 Å². The van der Waals surface area contributed by atoms with Gasteiger partial charge in [-0.2, -0.15) is 0 Å². The van der Waals surface area contributed by atoms with Gasteiger partial charge in [-0.15, -0.1) is 11.3 Å². The van der Waals surface area contributed by atoms with Gasteiger partial charge in [0.05, 0.1) is 11.0 Å². The average molecular weight is 371 g/mol. The molecule has 0 unspecified atom stereocenters. The Morgan fingerprint density at radius 1 is 1.19 bits per heavy atom. The van der Waals surface area contributed by atoms with Crippen LogP contribution in [0.2, 0.25) is 0 Å². The molecular formula is C18H17N3O4S. The number of nitrogens with zero attached hydrogens (tertiary/aromatic N) is 2. The van der Waals surface area contributed by atoms with E-state index >= 15 is 0 Å². The predicted molar refractivity (Wildman–Crippen MR) is 95.9 cm³/mol. The third kappa shape index (κ3) is 2.33. The number of hydrogen-bond donors (Lipinski definition) is 1. The van der Waals surface area contributed by atoms with Crippen molar-refractivity contribution in [2.45, 2.75) is 6.42 Å². The summed E-state index contributed by atoms with van der Waals surface area (Å²) in [6, 6.07) is 7.40. The van der Waals surface area contributed by atoms with Gasteiger partial charge in [-0.3, -0.25) is 24.5 Å². The van der Waals surface area contributed by atoms with Gasteiger partial charge >= 0.3 is 0 Å². The highest BCUT2D eigenvalue weighted by molar-refractivity contribution is 7.21. The van der Waals surface area contributed by atoms with Crippen molar-refractivity contribution < 1.29 is 19.2 Å². The largest absolute Gasteiger partial charge is 0.344 e. The average Bonchev–Trinajstić information content (AvgIpc) is 3.09. The Morgan fingerprint density at radius 2 is 1.88 bits per heavy atom. The Morgan fingerprint density at radius 3 is 2.50 bits per heavy atom. The van der Waals surface area contributed by atoms with Crippen LogP contribution in [0, 0.1) is 5.41 Å². The van der Waals surface area contributed by atoms with Crippen LogP contribution in [0.3, 0.4) is 0 Å². The minimum Gasteiger partial charge on any atom is -0.344 e. The summed E-state index contributed by atoms with van der Waals surface area (Å²) in [5.41, 5.74) is -0.423. The Hall–Kier alpha value is -2.74. The van der Waals surface area contributed by atoms with Gasteiger partial charge in [0, 0.05) is 43.7 Å². The van der Waals surface area contributed by atoms with Gasteiger partial charge in [0.1, 0.15) is 4.88 Å². The molecule has 2 aromatic rings. The lowest BCUT2D eigenvalue weighted by atomic mass is 9.78. The molecule has 2 fully saturated rings. The van der Waals surface area contributed by atoms with Crippen molar-refractivity contribution in [3.05, 3.63) is 34.7 Å². The lowest BCUT2D eigenvalue weighted by molar-refractivity contribution is -0.134. The zero-order valence-electron chi connectivity index (χ0n) is 14.4. The molecule has 134 valence electrons. The summed E-state index contributed by atoms with van der Waals surface area (Å²) in [7, 11) is 3.29. The normalized spacial score (nSPS) is 18.2. The zero-order valence-corrected chi connectivity index (χ0v) is 15.2. The second-order valence-electron chi connectivity index (χ2n) is 7.00. The van der Waals surface area contributed by atoms with E-state index in [1.165, 1.54) is 16.2 Å². The van der Waals surface area contributed by atoms with Crippen LogP contribution < -0.4 is 5.32 Å². The molecule has 1 aromatic heterocycles. The molecule has 0 saturated carbocycles. The first-order chi connectivity index (χ1) is 12.3. The van der Waals surface area contributed by atoms with Crippen LogP contribution in [0.1, 0.15) is 26.5 Å². The van der Waals surface area contributed by atoms with E-state index in [0.717, 1.165) is 10.1 Å². The second-order valence-corrected chi connectivity index (χ2v) is 8.05. The molecule has 0 radical (unpaired) electrons. The van der Waals surface area contributed by atoms with Crippen molar-refractivity contribution in [1.82, 2.24) is 15.1 Å². The van der Waals surface area contributed by atoms with Crippen molar-refractivity contribution in [1.29, 1.82) is 0 Å². The maximum absolute atomic E-state index is 13.1. The van der Waals surface area contributed by atoms with E-state index in [9.17, 15) is 19.2 Å². The summed E-state index contributed by atoms with van der Waals surface area (Å²) in [5.74, 6) is -1.11. The third-order valence-electron chi connectivity index (χ3n) is 4.92. The summed E-state index contributed by atoms with van der Waals surface area (Å²) in [4.78, 5) is 52.5. The summed E-state index contributed by atoms with van der Waals surface area (Å²) in [6.45, 7) is 0.395. The summed E-state index contributed by atoms with van der Waals surface area (Å²) >= 11 is 1.29. The maximum Gasteiger partial charge on any atom is 0.264 e. The quantitative estimate of drug-likeness (QED) is 0.801. The molecule has 1 spiro atoms. The van der Waals surface area contributed by atoms with Crippen LogP contribution in [0.25, 0.3) is 10.1 Å². The van der Waals surface area contributed by atoms with E-state index in [-0.39, 0.29) is 43.1 Å². The molecule has 2 aliphatic rings. The number of benzene rings is 1. The fraction of sp³-hybridized carbons (Fsp3) is 0.333. The van der Waals surface area contributed by atoms with E-state index in [0.29, 0.717) is 10.4 Å². The Bertz CT molecular complexity index is 972. The summed E-state index contributed by atoms with van der Waals surface area (Å²) < 4.78 is 0.866. The minimum atomic E-state index is -0.801. The molecule has 7 nitrogen and oxygen atoms in total. The highest BCUT2D eigenvalue weighted by Gasteiger charge is 2.56. The molecule has 0 aliphatic carbocycles. The lowest BCUT2D eigenvalue weighted by Crippen LogP contribution is -2.61. The number of nitrogens with one attached hydrogen (secondary N) is 1. The standard InChI is InChI=1S/C18H17N3O4S/c1-20(2)16(24)14-13(10-5-3-4-6-11(10)26-14)15(23)21-8-18(9-21)7-12(22)19-17(18)25/h3-6H,7-9H2,1-2H3,(H,19,22,25). The molecule has 8 heteroatoms. The van der Waals surface area contributed by atoms with E-state index in [2.05, 4.69) is 5.32 Å². The highest BCUT2D eigenvalue weighted by Crippen LogP contribution is 2.40. The topological polar surface area (TPSA) is 86.8 Å². The molecule has 4 amide bonds. The van der Waals surface area contributed by atoms with Crippen LogP contribution >= 0.6 is 11.3 Å². The van der Waals surface area contributed by atoms with E-state index < -0.39 is 5.41 Å². The van der Waals surface area contributed by atoms with Crippen molar-refractivity contribution in [3.8, 4) is 0 Å². The highest BCUT2D eigenvalue weighted by atomic mass is 32.1. The maximum atomic E-state index is 13.1. The number of carbonyl (C=O) groups excluding carboxylic acids is 4. The lowest BCUT2D eigenvalue weighted by Gasteiger charge is -2.45. The molecule has 2 aliphatic heterocycles. The van der Waals surface area contributed by atoms with Crippen molar-refractivity contribution >= 4 is 45.1 Å². The van der Waals surface area contributed by atoms with Crippen molar-refractivity contribution in [2.24, 2.45) is 5.41 Å². The molecule has 26 heavy (non-hydrogen) atoms. The van der Waals surface area contributed by atoms with Crippen molar-refractivity contribution in [3.63, 3.8) is 0 Å². The van der Waals surface area contributed by atoms with Gasteiger partial charge in [-0.25, -0.2) is 0 Å². The first-order valence-electron chi connectivity index (χ1n) is 8.19. The molecule has 2 saturated heterocycles. The predicted octanol–water partition coefficient (Wildman–Crippen LogP) is 1.09. The molecule has 0 atom stereocenters. The first kappa shape index (κ1) is 16.7. The zero-order chi connectivity index (χ0) is 18.6. The SMILES string of the molecule is CN(C)C(=O)c1sc2ccccc2c1C(=O)N1CC2(CC(=O)NC2=O)C1. The van der Waals surface area contributed by atoms with Crippen molar-refractivity contribution in [2.75, 3.05) is 27.2 Å². The first-order valence-corrected chi connectivity index (χ1v) is 9.01. The number of thiophene rings is 1. The number of hydrogen-bond acceptors (Lipinski definition) is 5. The molecular weight excluding hydrogens is 354 g/mol. The van der Waals surface area contributed by atoms with Crippen LogP contribution in [0.15, 0.2) is 24.3 Å². The van der Waals surface area contributed by atoms with Crippen LogP contribution in [-0.4, -0.2) is 60.6 Å². The number of fused-ring (bicyclic) bond motifs is 1. The number of likely N-dealkylation sites (tertiary alicyclic amines) is 1. The molecule has 4 rings (SSSR count). The number of imide groups is 1. The fourth-order valence-electron chi connectivity index (χ4n) is 3.54. The number of amides is 4.